The second kappa shape index (κ2) is 12.1. The lowest BCUT2D eigenvalue weighted by Gasteiger charge is -2.33. The van der Waals surface area contributed by atoms with Gasteiger partial charge in [0.05, 0.1) is 0 Å². The van der Waals surface area contributed by atoms with Gasteiger partial charge in [-0.3, -0.25) is 0 Å². The number of ether oxygens (including phenoxy) is 1. The van der Waals surface area contributed by atoms with Gasteiger partial charge < -0.3 is 4.74 Å². The van der Waals surface area contributed by atoms with Crippen molar-refractivity contribution in [2.45, 2.75) is 49.7 Å². The van der Waals surface area contributed by atoms with Crippen LogP contribution in [0.3, 0.4) is 0 Å². The van der Waals surface area contributed by atoms with Crippen molar-refractivity contribution in [1.29, 1.82) is 0 Å². The maximum Gasteiger partial charge on any atom is 0.119 e. The summed E-state index contributed by atoms with van der Waals surface area (Å²) >= 11 is 1.98. The minimum Gasteiger partial charge on any atom is -0.492 e. The van der Waals surface area contributed by atoms with Gasteiger partial charge in [0, 0.05) is 22.3 Å². The Balaban J connectivity index is 1.38. The summed E-state index contributed by atoms with van der Waals surface area (Å²) in [6.45, 7) is 5.44. The van der Waals surface area contributed by atoms with E-state index in [1.165, 1.54) is 56.7 Å². The molecule has 216 valence electrons. The maximum absolute atomic E-state index is 6.15. The fraction of sp³-hybridized carbons (Fsp3) is 0.268. The highest BCUT2D eigenvalue weighted by Gasteiger charge is 2.47. The predicted molar refractivity (Wildman–Crippen MR) is 182 cm³/mol. The van der Waals surface area contributed by atoms with Crippen molar-refractivity contribution in [2.24, 2.45) is 5.92 Å². The quantitative estimate of drug-likeness (QED) is 0.152. The standard InChI is InChI=1S/C41H40OS/c1-3-29(2)24-30-14-17-34(18-15-30)41(35-19-21-36(22-20-35)42-27-37-28-43-37)26-39(32-12-8-5-9-13-32)38-25-33(16-23-40(38)41)31-10-6-4-7-11-31/h4-23,25,29,37,39H,3,24,26-28H2,1-2H3. The molecule has 5 aromatic rings. The largest absolute Gasteiger partial charge is 0.492 e. The van der Waals surface area contributed by atoms with Crippen molar-refractivity contribution < 1.29 is 4.74 Å². The van der Waals surface area contributed by atoms with Crippen LogP contribution in [0.1, 0.15) is 66.0 Å². The molecule has 0 aromatic heterocycles. The van der Waals surface area contributed by atoms with E-state index in [4.69, 9.17) is 4.74 Å². The Morgan fingerprint density at radius 2 is 1.42 bits per heavy atom. The third-order valence-electron chi connectivity index (χ3n) is 9.62. The maximum atomic E-state index is 6.15. The molecule has 1 aliphatic carbocycles. The van der Waals surface area contributed by atoms with Crippen LogP contribution < -0.4 is 4.74 Å². The first-order chi connectivity index (χ1) is 21.1. The van der Waals surface area contributed by atoms with Gasteiger partial charge in [-0.1, -0.05) is 136 Å². The van der Waals surface area contributed by atoms with Crippen LogP contribution in [-0.4, -0.2) is 17.6 Å². The normalized spacial score (nSPS) is 21.3. The van der Waals surface area contributed by atoms with E-state index in [9.17, 15) is 0 Å². The summed E-state index contributed by atoms with van der Waals surface area (Å²) in [4.78, 5) is 0. The highest BCUT2D eigenvalue weighted by molar-refractivity contribution is 8.06. The number of fused-ring (bicyclic) bond motifs is 1. The molecule has 1 nitrogen and oxygen atoms in total. The van der Waals surface area contributed by atoms with Crippen LogP contribution in [-0.2, 0) is 11.8 Å². The molecule has 4 atom stereocenters. The van der Waals surface area contributed by atoms with Gasteiger partial charge >= 0.3 is 0 Å². The lowest BCUT2D eigenvalue weighted by molar-refractivity contribution is 0.329. The Bertz CT molecular complexity index is 1660. The summed E-state index contributed by atoms with van der Waals surface area (Å²) in [5.74, 6) is 3.17. The van der Waals surface area contributed by atoms with Crippen molar-refractivity contribution >= 4 is 11.8 Å². The molecule has 0 N–H and O–H groups in total. The van der Waals surface area contributed by atoms with Crippen molar-refractivity contribution in [3.05, 3.63) is 161 Å². The summed E-state index contributed by atoms with van der Waals surface area (Å²) in [6, 6.07) is 47.7. The van der Waals surface area contributed by atoms with Gasteiger partial charge in [-0.15, -0.1) is 0 Å². The molecular formula is C41H40OS. The Labute approximate surface area is 261 Å². The van der Waals surface area contributed by atoms with Gasteiger partial charge in [-0.25, -0.2) is 0 Å². The fourth-order valence-electron chi connectivity index (χ4n) is 6.93. The van der Waals surface area contributed by atoms with Crippen LogP contribution in [0.2, 0.25) is 0 Å². The second-order valence-corrected chi connectivity index (χ2v) is 13.8. The van der Waals surface area contributed by atoms with Gasteiger partial charge in [0.15, 0.2) is 0 Å². The summed E-state index contributed by atoms with van der Waals surface area (Å²) < 4.78 is 6.15. The first-order valence-corrected chi connectivity index (χ1v) is 16.9. The molecule has 5 aromatic carbocycles. The topological polar surface area (TPSA) is 9.23 Å². The molecular weight excluding hydrogens is 541 g/mol. The van der Waals surface area contributed by atoms with E-state index in [1.807, 2.05) is 11.8 Å². The highest BCUT2D eigenvalue weighted by atomic mass is 32.2. The Morgan fingerprint density at radius 3 is 2.07 bits per heavy atom. The van der Waals surface area contributed by atoms with Crippen molar-refractivity contribution in [2.75, 3.05) is 12.4 Å². The van der Waals surface area contributed by atoms with E-state index in [1.54, 1.807) is 0 Å². The van der Waals surface area contributed by atoms with Crippen LogP contribution >= 0.6 is 11.8 Å². The smallest absolute Gasteiger partial charge is 0.119 e. The van der Waals surface area contributed by atoms with Gasteiger partial charge in [0.2, 0.25) is 0 Å². The minimum atomic E-state index is -0.259. The van der Waals surface area contributed by atoms with E-state index >= 15 is 0 Å². The van der Waals surface area contributed by atoms with E-state index in [-0.39, 0.29) is 5.41 Å². The van der Waals surface area contributed by atoms with E-state index in [0.29, 0.717) is 17.1 Å². The predicted octanol–water partition coefficient (Wildman–Crippen LogP) is 10.3. The van der Waals surface area contributed by atoms with Gasteiger partial charge in [0.1, 0.15) is 12.4 Å². The third kappa shape index (κ3) is 5.66. The number of hydrogen-bond acceptors (Lipinski definition) is 2. The molecule has 0 bridgehead atoms. The zero-order valence-electron chi connectivity index (χ0n) is 25.2. The monoisotopic (exact) mass is 580 g/mol. The van der Waals surface area contributed by atoms with Crippen LogP contribution in [0.15, 0.2) is 127 Å². The zero-order valence-corrected chi connectivity index (χ0v) is 26.0. The molecule has 1 heterocycles. The average molecular weight is 581 g/mol. The first kappa shape index (κ1) is 28.0. The number of rotatable bonds is 10. The van der Waals surface area contributed by atoms with E-state index < -0.39 is 0 Å². The van der Waals surface area contributed by atoms with Crippen molar-refractivity contribution in [3.63, 3.8) is 0 Å². The number of thioether (sulfide) groups is 1. The summed E-state index contributed by atoms with van der Waals surface area (Å²) in [5.41, 5.74) is 10.6. The first-order valence-electron chi connectivity index (χ1n) is 15.8. The molecule has 2 aliphatic rings. The van der Waals surface area contributed by atoms with E-state index in [0.717, 1.165) is 25.2 Å². The molecule has 0 radical (unpaired) electrons. The minimum absolute atomic E-state index is 0.259. The SMILES string of the molecule is CCC(C)Cc1ccc(C2(c3ccc(OCC4CS4)cc3)CC(c3ccccc3)c3cc(-c4ccccc4)ccc32)cc1. The molecule has 43 heavy (non-hydrogen) atoms. The Morgan fingerprint density at radius 1 is 0.767 bits per heavy atom. The molecule has 0 saturated carbocycles. The fourth-order valence-corrected chi connectivity index (χ4v) is 7.33. The second-order valence-electron chi connectivity index (χ2n) is 12.4. The summed E-state index contributed by atoms with van der Waals surface area (Å²) in [7, 11) is 0. The molecule has 1 saturated heterocycles. The van der Waals surface area contributed by atoms with Crippen LogP contribution in [0.5, 0.6) is 5.75 Å². The van der Waals surface area contributed by atoms with Crippen LogP contribution in [0, 0.1) is 5.92 Å². The molecule has 7 rings (SSSR count). The highest BCUT2D eigenvalue weighted by Crippen LogP contribution is 2.56. The average Bonchev–Trinajstić information content (AvgIpc) is 3.84. The number of hydrogen-bond donors (Lipinski definition) is 0. The zero-order chi connectivity index (χ0) is 29.2. The molecule has 0 amide bonds. The lowest BCUT2D eigenvalue weighted by atomic mass is 9.69. The summed E-state index contributed by atoms with van der Waals surface area (Å²) in [6.07, 6.45) is 3.32. The third-order valence-corrected chi connectivity index (χ3v) is 10.6. The van der Waals surface area contributed by atoms with E-state index in [2.05, 4.69) is 141 Å². The Kier molecular flexibility index (Phi) is 7.89. The summed E-state index contributed by atoms with van der Waals surface area (Å²) in [5, 5.41) is 0.659. The van der Waals surface area contributed by atoms with Gasteiger partial charge in [-0.05, 0) is 75.4 Å². The van der Waals surface area contributed by atoms with Crippen LogP contribution in [0.25, 0.3) is 11.1 Å². The van der Waals surface area contributed by atoms with Gasteiger partial charge in [-0.2, -0.15) is 11.8 Å². The van der Waals surface area contributed by atoms with Gasteiger partial charge in [0.25, 0.3) is 0 Å². The lowest BCUT2D eigenvalue weighted by Crippen LogP contribution is -2.27. The van der Waals surface area contributed by atoms with Crippen LogP contribution in [0.4, 0.5) is 0 Å². The number of benzene rings is 5. The Hall–Kier alpha value is -3.75. The van der Waals surface area contributed by atoms with Crippen molar-refractivity contribution in [3.8, 4) is 16.9 Å². The molecule has 4 unspecified atom stereocenters. The molecule has 2 heteroatoms. The molecule has 1 fully saturated rings. The molecule has 1 aliphatic heterocycles. The van der Waals surface area contributed by atoms with Crippen molar-refractivity contribution in [1.82, 2.24) is 0 Å². The molecule has 0 spiro atoms.